The summed E-state index contributed by atoms with van der Waals surface area (Å²) in [7, 11) is 0. The van der Waals surface area contributed by atoms with Crippen LogP contribution in [0.4, 0.5) is 19.0 Å². The van der Waals surface area contributed by atoms with E-state index in [9.17, 15) is 18.3 Å². The van der Waals surface area contributed by atoms with Gasteiger partial charge in [0.2, 0.25) is 0 Å². The molecule has 0 fully saturated rings. The third-order valence-electron chi connectivity index (χ3n) is 3.31. The van der Waals surface area contributed by atoms with Crippen molar-refractivity contribution >= 4 is 16.9 Å². The van der Waals surface area contributed by atoms with Gasteiger partial charge in [0.05, 0.1) is 23.3 Å². The van der Waals surface area contributed by atoms with Crippen LogP contribution in [0.3, 0.4) is 0 Å². The molecular formula is C14H12F3N5O. The van der Waals surface area contributed by atoms with Gasteiger partial charge in [0, 0.05) is 6.54 Å². The Balaban J connectivity index is 1.75. The smallest absolute Gasteiger partial charge is 0.387 e. The molecule has 23 heavy (non-hydrogen) atoms. The van der Waals surface area contributed by atoms with Crippen LogP contribution in [-0.4, -0.2) is 31.8 Å². The number of nitrogens with zero attached hydrogens (tertiary/aromatic N) is 3. The van der Waals surface area contributed by atoms with E-state index in [1.54, 1.807) is 0 Å². The molecule has 3 rings (SSSR count). The molecule has 0 saturated carbocycles. The van der Waals surface area contributed by atoms with Crippen LogP contribution in [-0.2, 0) is 6.18 Å². The second-order valence-corrected chi connectivity index (χ2v) is 4.87. The van der Waals surface area contributed by atoms with E-state index in [2.05, 4.69) is 25.5 Å². The van der Waals surface area contributed by atoms with Gasteiger partial charge in [-0.1, -0.05) is 12.1 Å². The number of fused-ring (bicyclic) bond motifs is 1. The molecule has 0 spiro atoms. The second kappa shape index (κ2) is 5.84. The Bertz CT molecular complexity index is 817. The van der Waals surface area contributed by atoms with Crippen LogP contribution in [0.2, 0.25) is 0 Å². The van der Waals surface area contributed by atoms with E-state index >= 15 is 0 Å². The first-order valence-corrected chi connectivity index (χ1v) is 6.68. The highest BCUT2D eigenvalue weighted by Gasteiger charge is 2.30. The fourth-order valence-corrected chi connectivity index (χ4v) is 2.14. The first kappa shape index (κ1) is 15.2. The molecule has 1 aromatic carbocycles. The van der Waals surface area contributed by atoms with Crippen LogP contribution in [0.1, 0.15) is 17.2 Å². The molecule has 1 atom stereocenters. The lowest BCUT2D eigenvalue weighted by Gasteiger charge is -2.15. The SMILES string of the molecule is O[C@H](CNc1ncnc2[nH]ncc12)c1cccc(C(F)(F)F)c1. The van der Waals surface area contributed by atoms with E-state index in [-0.39, 0.29) is 12.1 Å². The Morgan fingerprint density at radius 3 is 2.87 bits per heavy atom. The molecule has 3 N–H and O–H groups in total. The minimum Gasteiger partial charge on any atom is -0.387 e. The first-order chi connectivity index (χ1) is 10.9. The zero-order valence-electron chi connectivity index (χ0n) is 11.7. The van der Waals surface area contributed by atoms with Gasteiger partial charge in [0.25, 0.3) is 0 Å². The standard InChI is InChI=1S/C14H12F3N5O/c15-14(16,17)9-3-1-2-8(4-9)11(23)6-18-12-10-5-21-22-13(10)20-7-19-12/h1-5,7,11,23H,6H2,(H2,18,19,20,21,22)/t11-/m1/s1. The average molecular weight is 323 g/mol. The van der Waals surface area contributed by atoms with Crippen molar-refractivity contribution in [1.29, 1.82) is 0 Å². The van der Waals surface area contributed by atoms with Crippen LogP contribution in [0.5, 0.6) is 0 Å². The van der Waals surface area contributed by atoms with E-state index in [1.165, 1.54) is 24.7 Å². The van der Waals surface area contributed by atoms with Gasteiger partial charge in [0.1, 0.15) is 12.1 Å². The Kier molecular flexibility index (Phi) is 3.87. The fourth-order valence-electron chi connectivity index (χ4n) is 2.14. The Hall–Kier alpha value is -2.68. The predicted molar refractivity (Wildman–Crippen MR) is 76.6 cm³/mol. The molecule has 0 saturated heterocycles. The third kappa shape index (κ3) is 3.24. The van der Waals surface area contributed by atoms with Crippen LogP contribution in [0, 0.1) is 0 Å². The van der Waals surface area contributed by atoms with Crippen molar-refractivity contribution in [3.05, 3.63) is 47.9 Å². The molecule has 0 bridgehead atoms. The highest BCUT2D eigenvalue weighted by Crippen LogP contribution is 2.30. The maximum Gasteiger partial charge on any atom is 0.416 e. The zero-order chi connectivity index (χ0) is 16.4. The van der Waals surface area contributed by atoms with Crippen LogP contribution < -0.4 is 5.32 Å². The third-order valence-corrected chi connectivity index (χ3v) is 3.31. The quantitative estimate of drug-likeness (QED) is 0.687. The molecule has 2 heterocycles. The number of nitrogens with one attached hydrogen (secondary N) is 2. The minimum absolute atomic E-state index is 0.00139. The zero-order valence-corrected chi connectivity index (χ0v) is 11.7. The molecule has 0 aliphatic heterocycles. The molecule has 120 valence electrons. The average Bonchev–Trinajstić information content (AvgIpc) is 3.01. The highest BCUT2D eigenvalue weighted by atomic mass is 19.4. The van der Waals surface area contributed by atoms with Crippen LogP contribution in [0.15, 0.2) is 36.8 Å². The van der Waals surface area contributed by atoms with Crippen molar-refractivity contribution in [2.45, 2.75) is 12.3 Å². The molecule has 0 aliphatic rings. The lowest BCUT2D eigenvalue weighted by molar-refractivity contribution is -0.137. The topological polar surface area (TPSA) is 86.7 Å². The van der Waals surface area contributed by atoms with Gasteiger partial charge in [-0.05, 0) is 17.7 Å². The van der Waals surface area contributed by atoms with Crippen molar-refractivity contribution in [1.82, 2.24) is 20.2 Å². The molecule has 9 heteroatoms. The number of anilines is 1. The van der Waals surface area contributed by atoms with E-state index in [0.717, 1.165) is 12.1 Å². The monoisotopic (exact) mass is 323 g/mol. The summed E-state index contributed by atoms with van der Waals surface area (Å²) in [6.45, 7) is -0.00139. The van der Waals surface area contributed by atoms with E-state index in [4.69, 9.17) is 0 Å². The number of hydrogen-bond donors (Lipinski definition) is 3. The highest BCUT2D eigenvalue weighted by molar-refractivity contribution is 5.85. The number of hydrogen-bond acceptors (Lipinski definition) is 5. The summed E-state index contributed by atoms with van der Waals surface area (Å²) in [6, 6.07) is 4.60. The minimum atomic E-state index is -4.45. The van der Waals surface area contributed by atoms with Crippen LogP contribution >= 0.6 is 0 Å². The number of rotatable bonds is 4. The number of aliphatic hydroxyl groups is 1. The lowest BCUT2D eigenvalue weighted by atomic mass is 10.1. The van der Waals surface area contributed by atoms with Crippen LogP contribution in [0.25, 0.3) is 11.0 Å². The van der Waals surface area contributed by atoms with E-state index < -0.39 is 17.8 Å². The van der Waals surface area contributed by atoms with Gasteiger partial charge in [0.15, 0.2) is 5.65 Å². The number of benzene rings is 1. The van der Waals surface area contributed by atoms with Crippen molar-refractivity contribution < 1.29 is 18.3 Å². The molecular weight excluding hydrogens is 311 g/mol. The summed E-state index contributed by atoms with van der Waals surface area (Å²) >= 11 is 0. The normalized spacial score (nSPS) is 13.2. The van der Waals surface area contributed by atoms with Gasteiger partial charge in [-0.2, -0.15) is 18.3 Å². The number of alkyl halides is 3. The molecule has 0 radical (unpaired) electrons. The molecule has 0 amide bonds. The molecule has 6 nitrogen and oxygen atoms in total. The number of aromatic nitrogens is 4. The number of aliphatic hydroxyl groups excluding tert-OH is 1. The van der Waals surface area contributed by atoms with Gasteiger partial charge < -0.3 is 10.4 Å². The molecule has 2 aromatic heterocycles. The Morgan fingerprint density at radius 2 is 2.09 bits per heavy atom. The largest absolute Gasteiger partial charge is 0.416 e. The van der Waals surface area contributed by atoms with Gasteiger partial charge >= 0.3 is 6.18 Å². The Morgan fingerprint density at radius 1 is 1.26 bits per heavy atom. The van der Waals surface area contributed by atoms with Crippen molar-refractivity contribution in [2.75, 3.05) is 11.9 Å². The van der Waals surface area contributed by atoms with Crippen molar-refractivity contribution in [2.24, 2.45) is 0 Å². The molecule has 0 unspecified atom stereocenters. The first-order valence-electron chi connectivity index (χ1n) is 6.68. The predicted octanol–water partition coefficient (Wildman–Crippen LogP) is 2.52. The molecule has 3 aromatic rings. The molecule has 0 aliphatic carbocycles. The number of aromatic amines is 1. The summed E-state index contributed by atoms with van der Waals surface area (Å²) in [6.07, 6.45) is -2.72. The number of halogens is 3. The van der Waals surface area contributed by atoms with Crippen molar-refractivity contribution in [3.63, 3.8) is 0 Å². The van der Waals surface area contributed by atoms with Crippen molar-refractivity contribution in [3.8, 4) is 0 Å². The second-order valence-electron chi connectivity index (χ2n) is 4.87. The lowest BCUT2D eigenvalue weighted by Crippen LogP contribution is -2.14. The Labute approximate surface area is 128 Å². The van der Waals surface area contributed by atoms with Gasteiger partial charge in [-0.15, -0.1) is 0 Å². The van der Waals surface area contributed by atoms with E-state index in [1.807, 2.05) is 0 Å². The summed E-state index contributed by atoms with van der Waals surface area (Å²) in [5.74, 6) is 0.440. The fraction of sp³-hybridized carbons (Fsp3) is 0.214. The van der Waals surface area contributed by atoms with Gasteiger partial charge in [-0.3, -0.25) is 5.10 Å². The summed E-state index contributed by atoms with van der Waals surface area (Å²) < 4.78 is 38.1. The maximum absolute atomic E-state index is 12.7. The van der Waals surface area contributed by atoms with E-state index in [0.29, 0.717) is 16.9 Å². The summed E-state index contributed by atoms with van der Waals surface area (Å²) in [5, 5.41) is 20.1. The number of H-pyrrole nitrogens is 1. The summed E-state index contributed by atoms with van der Waals surface area (Å²) in [4.78, 5) is 8.00. The maximum atomic E-state index is 12.7. The summed E-state index contributed by atoms with van der Waals surface area (Å²) in [5.41, 5.74) is -0.103. The van der Waals surface area contributed by atoms with Gasteiger partial charge in [-0.25, -0.2) is 9.97 Å².